The summed E-state index contributed by atoms with van der Waals surface area (Å²) in [6.07, 6.45) is 0.565. The Morgan fingerprint density at radius 2 is 1.71 bits per heavy atom. The summed E-state index contributed by atoms with van der Waals surface area (Å²) in [5, 5.41) is 2.89. The summed E-state index contributed by atoms with van der Waals surface area (Å²) in [5.41, 5.74) is 1.08. The lowest BCUT2D eigenvalue weighted by Gasteiger charge is -2.34. The average Bonchev–Trinajstić information content (AvgIpc) is 3.06. The molecule has 1 aliphatic rings. The number of rotatable bonds is 10. The van der Waals surface area contributed by atoms with Gasteiger partial charge in [-0.25, -0.2) is 19.0 Å². The van der Waals surface area contributed by atoms with Crippen molar-refractivity contribution in [3.05, 3.63) is 95.6 Å². The van der Waals surface area contributed by atoms with E-state index < -0.39 is 24.1 Å². The van der Waals surface area contributed by atoms with Gasteiger partial charge in [-0.15, -0.1) is 0 Å². The maximum Gasteiger partial charge on any atom is 0.407 e. The van der Waals surface area contributed by atoms with Crippen LogP contribution in [0, 0.1) is 12.4 Å². The zero-order chi connectivity index (χ0) is 35.1. The molecular weight excluding hydrogens is 637 g/mol. The van der Waals surface area contributed by atoms with Crippen molar-refractivity contribution in [1.29, 1.82) is 0 Å². The van der Waals surface area contributed by atoms with Crippen LogP contribution in [0.2, 0.25) is 0 Å². The monoisotopic (exact) mass is 674 g/mol. The number of methoxy groups -OCH3 is 1. The van der Waals surface area contributed by atoms with Crippen molar-refractivity contribution in [1.82, 2.24) is 10.3 Å². The van der Waals surface area contributed by atoms with Crippen LogP contribution in [0.4, 0.5) is 29.5 Å². The number of amides is 1. The van der Waals surface area contributed by atoms with E-state index in [1.165, 1.54) is 25.3 Å². The molecule has 0 radical (unpaired) electrons. The number of halogens is 3. The van der Waals surface area contributed by atoms with Crippen LogP contribution in [0.3, 0.4) is 0 Å². The second-order valence-electron chi connectivity index (χ2n) is 12.4. The maximum absolute atomic E-state index is 15.0. The number of piperidine rings is 1. The Balaban J connectivity index is 1.56. The Kier molecular flexibility index (Phi) is 10.8. The highest BCUT2D eigenvalue weighted by molar-refractivity contribution is 5.88. The van der Waals surface area contributed by atoms with E-state index in [4.69, 9.17) is 30.5 Å². The van der Waals surface area contributed by atoms with E-state index >= 15 is 4.39 Å². The largest absolute Gasteiger partial charge is 0.493 e. The van der Waals surface area contributed by atoms with Gasteiger partial charge < -0.3 is 29.2 Å². The minimum Gasteiger partial charge on any atom is -0.493 e. The van der Waals surface area contributed by atoms with E-state index in [-0.39, 0.29) is 40.9 Å². The highest BCUT2D eigenvalue weighted by atomic mass is 19.3. The number of carbonyl (C=O) groups excluding carboxylic acids is 1. The first kappa shape index (κ1) is 34.9. The van der Waals surface area contributed by atoms with Gasteiger partial charge >= 0.3 is 12.7 Å². The minimum absolute atomic E-state index is 0.162. The third kappa shape index (κ3) is 8.93. The highest BCUT2D eigenvalue weighted by Gasteiger charge is 2.28. The van der Waals surface area contributed by atoms with Crippen LogP contribution >= 0.6 is 0 Å². The lowest BCUT2D eigenvalue weighted by atomic mass is 9.97. The van der Waals surface area contributed by atoms with Crippen LogP contribution in [0.1, 0.15) is 39.2 Å². The first-order chi connectivity index (χ1) is 23.4. The average molecular weight is 675 g/mol. The number of nitrogens with one attached hydrogen (secondary N) is 1. The molecule has 1 aliphatic heterocycles. The SMILES string of the molecule is [C-]#[N+]c1ccc(-c2nc(N3CCC(NC(=O)OC(C)(C)C)CC3)cc(OC(F)F)c2-c2ccc(OC)c(OCc3ccccc3)c2)cc1F. The van der Waals surface area contributed by atoms with Gasteiger partial charge in [-0.1, -0.05) is 48.5 Å². The van der Waals surface area contributed by atoms with E-state index in [2.05, 4.69) is 10.2 Å². The Labute approximate surface area is 283 Å². The van der Waals surface area contributed by atoms with Gasteiger partial charge in [-0.3, -0.25) is 0 Å². The van der Waals surface area contributed by atoms with Crippen LogP contribution in [-0.4, -0.2) is 49.5 Å². The first-order valence-corrected chi connectivity index (χ1v) is 15.7. The Morgan fingerprint density at radius 3 is 2.35 bits per heavy atom. The second kappa shape index (κ2) is 15.2. The zero-order valence-electron chi connectivity index (χ0n) is 27.6. The molecule has 1 aromatic heterocycles. The highest BCUT2D eigenvalue weighted by Crippen LogP contribution is 2.44. The van der Waals surface area contributed by atoms with Gasteiger partial charge in [0.1, 0.15) is 29.6 Å². The van der Waals surface area contributed by atoms with Crippen LogP contribution < -0.4 is 24.4 Å². The molecule has 3 aromatic carbocycles. The molecule has 49 heavy (non-hydrogen) atoms. The van der Waals surface area contributed by atoms with E-state index in [1.807, 2.05) is 35.2 Å². The molecular formula is C37H37F3N4O5. The Morgan fingerprint density at radius 1 is 1.00 bits per heavy atom. The van der Waals surface area contributed by atoms with Crippen molar-refractivity contribution in [2.45, 2.75) is 58.5 Å². The molecule has 0 aliphatic carbocycles. The molecule has 12 heteroatoms. The molecule has 2 heterocycles. The van der Waals surface area contributed by atoms with Crippen LogP contribution in [0.25, 0.3) is 27.2 Å². The number of hydrogen-bond acceptors (Lipinski definition) is 7. The molecule has 0 spiro atoms. The molecule has 256 valence electrons. The van der Waals surface area contributed by atoms with Crippen molar-refractivity contribution >= 4 is 17.6 Å². The topological polar surface area (TPSA) is 86.5 Å². The summed E-state index contributed by atoms with van der Waals surface area (Å²) < 4.78 is 65.2. The van der Waals surface area contributed by atoms with Crippen LogP contribution in [0.15, 0.2) is 72.8 Å². The molecule has 0 atom stereocenters. The summed E-state index contributed by atoms with van der Waals surface area (Å²) >= 11 is 0. The number of hydrogen-bond donors (Lipinski definition) is 1. The van der Waals surface area contributed by atoms with E-state index in [9.17, 15) is 13.6 Å². The van der Waals surface area contributed by atoms with Crippen molar-refractivity contribution in [2.24, 2.45) is 0 Å². The maximum atomic E-state index is 15.0. The molecule has 1 amide bonds. The summed E-state index contributed by atoms with van der Waals surface area (Å²) in [5.74, 6) is 0.123. The number of pyridine rings is 1. The summed E-state index contributed by atoms with van der Waals surface area (Å²) in [6.45, 7) is 10.5. The van der Waals surface area contributed by atoms with Gasteiger partial charge in [-0.2, -0.15) is 8.78 Å². The number of nitrogens with zero attached hydrogens (tertiary/aromatic N) is 3. The summed E-state index contributed by atoms with van der Waals surface area (Å²) in [4.78, 5) is 22.3. The Hall–Kier alpha value is -5.44. The molecule has 0 bridgehead atoms. The molecule has 0 unspecified atom stereocenters. The summed E-state index contributed by atoms with van der Waals surface area (Å²) in [7, 11) is 1.49. The fraction of sp³-hybridized carbons (Fsp3) is 0.324. The quantitative estimate of drug-likeness (QED) is 0.168. The van der Waals surface area contributed by atoms with Crippen LogP contribution in [-0.2, 0) is 11.3 Å². The number of alkyl carbamates (subject to hydrolysis) is 1. The fourth-order valence-electron chi connectivity index (χ4n) is 5.50. The number of ether oxygens (including phenoxy) is 4. The van der Waals surface area contributed by atoms with Crippen molar-refractivity contribution in [3.63, 3.8) is 0 Å². The van der Waals surface area contributed by atoms with Gasteiger partial charge in [0.05, 0.1) is 24.9 Å². The minimum atomic E-state index is -3.18. The molecule has 1 N–H and O–H groups in total. The normalized spacial score (nSPS) is 13.5. The molecule has 4 aromatic rings. The lowest BCUT2D eigenvalue weighted by molar-refractivity contribution is -0.0494. The summed E-state index contributed by atoms with van der Waals surface area (Å²) in [6, 6.07) is 19.7. The fourth-order valence-corrected chi connectivity index (χ4v) is 5.50. The third-order valence-electron chi connectivity index (χ3n) is 7.76. The van der Waals surface area contributed by atoms with Gasteiger partial charge in [0.25, 0.3) is 0 Å². The number of anilines is 1. The number of carbonyl (C=O) groups is 1. The van der Waals surface area contributed by atoms with Gasteiger partial charge in [-0.05, 0) is 62.9 Å². The Bertz CT molecular complexity index is 1820. The predicted octanol–water partition coefficient (Wildman–Crippen LogP) is 8.79. The lowest BCUT2D eigenvalue weighted by Crippen LogP contribution is -2.46. The number of aromatic nitrogens is 1. The molecule has 0 saturated carbocycles. The van der Waals surface area contributed by atoms with E-state index in [0.29, 0.717) is 48.8 Å². The van der Waals surface area contributed by atoms with E-state index in [0.717, 1.165) is 11.6 Å². The van der Waals surface area contributed by atoms with E-state index in [1.54, 1.807) is 39.0 Å². The molecule has 1 fully saturated rings. The van der Waals surface area contributed by atoms with Gasteiger partial charge in [0.2, 0.25) is 5.69 Å². The molecule has 5 rings (SSSR count). The van der Waals surface area contributed by atoms with Gasteiger partial charge in [0, 0.05) is 30.8 Å². The third-order valence-corrected chi connectivity index (χ3v) is 7.76. The standard InChI is InChI=1S/C37H37F3N4O5/c1-37(2,3)49-36(45)42-26-15-17-44(18-16-26)32-21-31(48-35(39)40)33(34(43-32)25-11-13-28(41-4)27(38)19-25)24-12-14-29(46-5)30(20-24)47-22-23-9-7-6-8-10-23/h6-14,19-21,26,35H,15-18,22H2,1-3,5H3,(H,42,45). The molecule has 1 saturated heterocycles. The predicted molar refractivity (Wildman–Crippen MR) is 180 cm³/mol. The van der Waals surface area contributed by atoms with Gasteiger partial charge in [0.15, 0.2) is 11.5 Å². The number of benzene rings is 3. The molecule has 9 nitrogen and oxygen atoms in total. The van der Waals surface area contributed by atoms with Crippen molar-refractivity contribution in [2.75, 3.05) is 25.1 Å². The zero-order valence-corrected chi connectivity index (χ0v) is 27.6. The smallest absolute Gasteiger partial charge is 0.407 e. The number of alkyl halides is 2. The second-order valence-corrected chi connectivity index (χ2v) is 12.4. The van der Waals surface area contributed by atoms with Crippen molar-refractivity contribution < 1.29 is 36.9 Å². The van der Waals surface area contributed by atoms with Crippen molar-refractivity contribution in [3.8, 4) is 39.6 Å². The van der Waals surface area contributed by atoms with Crippen LogP contribution in [0.5, 0.6) is 17.2 Å². The first-order valence-electron chi connectivity index (χ1n) is 15.7.